The molecular formula is C20H37N5O2S. The SMILES string of the molecule is CCNC(=NCCC(C)N(C)C(=O)OC(C)(C)C)NCCc1ncc(CC)s1. The molecule has 7 nitrogen and oxygen atoms in total. The van der Waals surface area contributed by atoms with Crippen LogP contribution in [0.4, 0.5) is 4.79 Å². The second-order valence-electron chi connectivity index (χ2n) is 7.74. The lowest BCUT2D eigenvalue weighted by atomic mass is 10.2. The highest BCUT2D eigenvalue weighted by Gasteiger charge is 2.22. The summed E-state index contributed by atoms with van der Waals surface area (Å²) >= 11 is 1.77. The van der Waals surface area contributed by atoms with Gasteiger partial charge in [-0.1, -0.05) is 6.92 Å². The lowest BCUT2D eigenvalue weighted by molar-refractivity contribution is 0.0231. The Morgan fingerprint density at radius 3 is 2.64 bits per heavy atom. The third kappa shape index (κ3) is 9.39. The molecule has 0 radical (unpaired) electrons. The Morgan fingerprint density at radius 2 is 2.07 bits per heavy atom. The van der Waals surface area contributed by atoms with E-state index >= 15 is 0 Å². The molecule has 0 bridgehead atoms. The summed E-state index contributed by atoms with van der Waals surface area (Å²) < 4.78 is 5.41. The van der Waals surface area contributed by atoms with Gasteiger partial charge < -0.3 is 20.3 Å². The van der Waals surface area contributed by atoms with Gasteiger partial charge in [0.15, 0.2) is 5.96 Å². The number of aromatic nitrogens is 1. The van der Waals surface area contributed by atoms with Crippen LogP contribution in [0.5, 0.6) is 0 Å². The summed E-state index contributed by atoms with van der Waals surface area (Å²) in [5.41, 5.74) is -0.485. The van der Waals surface area contributed by atoms with Crippen LogP contribution in [0.2, 0.25) is 0 Å². The zero-order chi connectivity index (χ0) is 21.2. The zero-order valence-electron chi connectivity index (χ0n) is 18.5. The van der Waals surface area contributed by atoms with Gasteiger partial charge in [-0.05, 0) is 47.5 Å². The molecule has 28 heavy (non-hydrogen) atoms. The molecule has 0 fully saturated rings. The van der Waals surface area contributed by atoms with Crippen LogP contribution in [0.3, 0.4) is 0 Å². The Bertz CT molecular complexity index is 624. The Labute approximate surface area is 174 Å². The fourth-order valence-corrected chi connectivity index (χ4v) is 3.19. The number of thiazole rings is 1. The molecule has 160 valence electrons. The third-order valence-corrected chi connectivity index (χ3v) is 5.29. The summed E-state index contributed by atoms with van der Waals surface area (Å²) in [7, 11) is 1.77. The normalized spacial score (nSPS) is 13.2. The van der Waals surface area contributed by atoms with Crippen LogP contribution < -0.4 is 10.6 Å². The molecule has 1 heterocycles. The predicted octanol–water partition coefficient (Wildman–Crippen LogP) is 3.45. The average Bonchev–Trinajstić information content (AvgIpc) is 3.07. The summed E-state index contributed by atoms with van der Waals surface area (Å²) in [6.45, 7) is 14.0. The molecule has 0 aromatic carbocycles. The predicted molar refractivity (Wildman–Crippen MR) is 117 cm³/mol. The molecule has 0 saturated carbocycles. The summed E-state index contributed by atoms with van der Waals surface area (Å²) in [5, 5.41) is 7.76. The number of ether oxygens (including phenoxy) is 1. The fraction of sp³-hybridized carbons (Fsp3) is 0.750. The van der Waals surface area contributed by atoms with Crippen molar-refractivity contribution in [3.05, 3.63) is 16.1 Å². The summed E-state index contributed by atoms with van der Waals surface area (Å²) in [5.74, 6) is 0.793. The van der Waals surface area contributed by atoms with E-state index in [1.807, 2.05) is 40.8 Å². The van der Waals surface area contributed by atoms with E-state index in [0.29, 0.717) is 6.54 Å². The molecule has 0 spiro atoms. The average molecular weight is 412 g/mol. The number of carbonyl (C=O) groups excluding carboxylic acids is 1. The Kier molecular flexibility index (Phi) is 10.3. The first-order chi connectivity index (χ1) is 13.2. The number of aliphatic imine (C=N–C) groups is 1. The number of rotatable bonds is 9. The van der Waals surface area contributed by atoms with Crippen LogP contribution in [-0.2, 0) is 17.6 Å². The van der Waals surface area contributed by atoms with Crippen LogP contribution >= 0.6 is 11.3 Å². The van der Waals surface area contributed by atoms with Crippen LogP contribution in [0.15, 0.2) is 11.2 Å². The highest BCUT2D eigenvalue weighted by atomic mass is 32.1. The largest absolute Gasteiger partial charge is 0.444 e. The van der Waals surface area contributed by atoms with Gasteiger partial charge in [0.05, 0.1) is 5.01 Å². The number of nitrogens with one attached hydrogen (secondary N) is 2. The van der Waals surface area contributed by atoms with Gasteiger partial charge in [-0.3, -0.25) is 4.99 Å². The monoisotopic (exact) mass is 411 g/mol. The molecule has 1 amide bonds. The number of hydrogen-bond acceptors (Lipinski definition) is 5. The maximum absolute atomic E-state index is 12.1. The van der Waals surface area contributed by atoms with E-state index in [1.54, 1.807) is 23.3 Å². The highest BCUT2D eigenvalue weighted by Crippen LogP contribution is 2.13. The zero-order valence-corrected chi connectivity index (χ0v) is 19.3. The molecule has 0 aliphatic heterocycles. The van der Waals surface area contributed by atoms with Crippen LogP contribution in [0, 0.1) is 0 Å². The number of amides is 1. The highest BCUT2D eigenvalue weighted by molar-refractivity contribution is 7.11. The van der Waals surface area contributed by atoms with E-state index in [-0.39, 0.29) is 12.1 Å². The Hall–Kier alpha value is -1.83. The molecule has 0 aliphatic carbocycles. The van der Waals surface area contributed by atoms with Gasteiger partial charge in [0.1, 0.15) is 5.60 Å². The van der Waals surface area contributed by atoms with Crippen molar-refractivity contribution in [1.29, 1.82) is 0 Å². The first-order valence-corrected chi connectivity index (χ1v) is 10.9. The summed E-state index contributed by atoms with van der Waals surface area (Å²) in [6, 6.07) is 0.0456. The first kappa shape index (κ1) is 24.2. The van der Waals surface area contributed by atoms with Crippen molar-refractivity contribution in [3.63, 3.8) is 0 Å². The smallest absolute Gasteiger partial charge is 0.410 e. The quantitative estimate of drug-likeness (QED) is 0.481. The van der Waals surface area contributed by atoms with Gasteiger partial charge in [-0.25, -0.2) is 9.78 Å². The number of carbonyl (C=O) groups is 1. The van der Waals surface area contributed by atoms with E-state index < -0.39 is 5.60 Å². The summed E-state index contributed by atoms with van der Waals surface area (Å²) in [4.78, 5) is 24.2. The second kappa shape index (κ2) is 11.9. The number of hydrogen-bond donors (Lipinski definition) is 2. The lowest BCUT2D eigenvalue weighted by Crippen LogP contribution is -2.40. The topological polar surface area (TPSA) is 78.9 Å². The van der Waals surface area contributed by atoms with E-state index in [1.165, 1.54) is 4.88 Å². The third-order valence-electron chi connectivity index (χ3n) is 4.08. The van der Waals surface area contributed by atoms with Gasteiger partial charge >= 0.3 is 6.09 Å². The Balaban J connectivity index is 2.44. The minimum atomic E-state index is -0.485. The number of nitrogens with zero attached hydrogens (tertiary/aromatic N) is 3. The van der Waals surface area contributed by atoms with Gasteiger partial charge in [0, 0.05) is 50.2 Å². The van der Waals surface area contributed by atoms with Crippen LogP contribution in [0.25, 0.3) is 0 Å². The standard InChI is InChI=1S/C20H37N5O2S/c1-8-16-14-24-17(28-16)11-13-23-18(21-9-2)22-12-10-15(3)25(7)19(26)27-20(4,5)6/h14-15H,8-13H2,1-7H3,(H2,21,22,23). The minimum Gasteiger partial charge on any atom is -0.444 e. The molecule has 0 aliphatic rings. The molecule has 1 rings (SSSR count). The van der Waals surface area contributed by atoms with Gasteiger partial charge in [-0.2, -0.15) is 0 Å². The van der Waals surface area contributed by atoms with E-state index in [9.17, 15) is 4.79 Å². The van der Waals surface area contributed by atoms with Crippen molar-refractivity contribution in [2.24, 2.45) is 4.99 Å². The van der Waals surface area contributed by atoms with Crippen molar-refractivity contribution in [1.82, 2.24) is 20.5 Å². The van der Waals surface area contributed by atoms with Crippen molar-refractivity contribution < 1.29 is 9.53 Å². The van der Waals surface area contributed by atoms with Crippen molar-refractivity contribution in [2.75, 3.05) is 26.7 Å². The molecule has 1 atom stereocenters. The van der Waals surface area contributed by atoms with E-state index in [0.717, 1.165) is 43.3 Å². The lowest BCUT2D eigenvalue weighted by Gasteiger charge is -2.28. The fourth-order valence-electron chi connectivity index (χ4n) is 2.33. The van der Waals surface area contributed by atoms with E-state index in [2.05, 4.69) is 27.5 Å². The Morgan fingerprint density at radius 1 is 1.36 bits per heavy atom. The van der Waals surface area contributed by atoms with Gasteiger partial charge in [0.25, 0.3) is 0 Å². The molecule has 2 N–H and O–H groups in total. The van der Waals surface area contributed by atoms with Crippen molar-refractivity contribution in [3.8, 4) is 0 Å². The maximum Gasteiger partial charge on any atom is 0.410 e. The minimum absolute atomic E-state index is 0.0456. The van der Waals surface area contributed by atoms with Crippen molar-refractivity contribution in [2.45, 2.75) is 72.4 Å². The van der Waals surface area contributed by atoms with Crippen LogP contribution in [0.1, 0.15) is 57.8 Å². The molecule has 8 heteroatoms. The number of guanidine groups is 1. The molecule has 1 aromatic heterocycles. The van der Waals surface area contributed by atoms with Crippen LogP contribution in [-0.4, -0.2) is 60.3 Å². The van der Waals surface area contributed by atoms with Gasteiger partial charge in [-0.15, -0.1) is 11.3 Å². The number of aryl methyl sites for hydroxylation is 1. The first-order valence-electron chi connectivity index (χ1n) is 10.1. The maximum atomic E-state index is 12.1. The molecule has 1 aromatic rings. The van der Waals surface area contributed by atoms with Gasteiger partial charge in [0.2, 0.25) is 0 Å². The van der Waals surface area contributed by atoms with Crippen molar-refractivity contribution >= 4 is 23.4 Å². The molecule has 0 saturated heterocycles. The second-order valence-corrected chi connectivity index (χ2v) is 8.94. The summed E-state index contributed by atoms with van der Waals surface area (Å²) in [6.07, 6.45) is 4.34. The van der Waals surface area contributed by atoms with E-state index in [4.69, 9.17) is 4.74 Å². The molecular weight excluding hydrogens is 374 g/mol. The molecule has 1 unspecified atom stereocenters.